The number of likely N-dealkylation sites (tertiary alicyclic amines) is 1. The lowest BCUT2D eigenvalue weighted by molar-refractivity contribution is -0.154. The summed E-state index contributed by atoms with van der Waals surface area (Å²) in [5.74, 6) is -1.70. The van der Waals surface area contributed by atoms with Gasteiger partial charge in [0.15, 0.2) is 0 Å². The van der Waals surface area contributed by atoms with E-state index in [1.165, 1.54) is 0 Å². The van der Waals surface area contributed by atoms with Gasteiger partial charge in [-0.3, -0.25) is 14.4 Å². The number of ether oxygens (including phenoxy) is 1. The van der Waals surface area contributed by atoms with Crippen LogP contribution in [-0.2, 0) is 19.1 Å². The summed E-state index contributed by atoms with van der Waals surface area (Å²) in [6, 6.07) is 6.37. The zero-order valence-corrected chi connectivity index (χ0v) is 21.2. The molecule has 2 amide bonds. The quantitative estimate of drug-likeness (QED) is 0.369. The van der Waals surface area contributed by atoms with Crippen molar-refractivity contribution in [2.75, 3.05) is 25.1 Å². The Balaban J connectivity index is 1.66. The van der Waals surface area contributed by atoms with E-state index in [0.29, 0.717) is 17.3 Å². The fraction of sp³-hybridized carbons (Fsp3) is 0.640. The number of nitrogens with zero attached hydrogens (tertiary/aromatic N) is 1. The molecule has 3 unspecified atom stereocenters. The number of thioether (sulfide) groups is 1. The van der Waals surface area contributed by atoms with Gasteiger partial charge in [-0.2, -0.15) is 0 Å². The molecule has 2 N–H and O–H groups in total. The van der Waals surface area contributed by atoms with Crippen LogP contribution in [0.4, 0.5) is 5.69 Å². The van der Waals surface area contributed by atoms with Gasteiger partial charge < -0.3 is 20.1 Å². The molecule has 0 saturated carbocycles. The zero-order chi connectivity index (χ0) is 24.5. The Kier molecular flexibility index (Phi) is 7.79. The van der Waals surface area contributed by atoms with Crippen molar-refractivity contribution in [3.05, 3.63) is 29.3 Å². The molecular weight excluding hydrogens is 476 g/mol. The molecular formula is C25H33ClN2O5S. The number of halogens is 1. The van der Waals surface area contributed by atoms with Gasteiger partial charge in [0, 0.05) is 18.4 Å². The average Bonchev–Trinajstić information content (AvgIpc) is 3.39. The Morgan fingerprint density at radius 1 is 1.26 bits per heavy atom. The number of aliphatic hydroxyl groups excluding tert-OH is 1. The third-order valence-corrected chi connectivity index (χ3v) is 9.90. The molecule has 9 heteroatoms. The van der Waals surface area contributed by atoms with Crippen molar-refractivity contribution in [3.63, 3.8) is 0 Å². The second-order valence-electron chi connectivity index (χ2n) is 9.44. The van der Waals surface area contributed by atoms with Gasteiger partial charge in [0.1, 0.15) is 6.04 Å². The van der Waals surface area contributed by atoms with Crippen molar-refractivity contribution in [2.45, 2.75) is 62.0 Å². The Morgan fingerprint density at radius 2 is 2.00 bits per heavy atom. The lowest BCUT2D eigenvalue weighted by atomic mass is 9.66. The minimum absolute atomic E-state index is 0.0229. The highest BCUT2D eigenvalue weighted by atomic mass is 35.5. The summed E-state index contributed by atoms with van der Waals surface area (Å²) in [6.07, 6.45) is 3.95. The number of para-hydroxylation sites is 1. The maximum atomic E-state index is 13.8. The van der Waals surface area contributed by atoms with Gasteiger partial charge >= 0.3 is 5.97 Å². The minimum atomic E-state index is -0.691. The molecule has 3 aliphatic heterocycles. The molecule has 0 aliphatic carbocycles. The van der Waals surface area contributed by atoms with E-state index in [1.54, 1.807) is 47.9 Å². The summed E-state index contributed by atoms with van der Waals surface area (Å²) in [6.45, 7) is 4.71. The summed E-state index contributed by atoms with van der Waals surface area (Å²) in [4.78, 5) is 42.3. The number of unbranched alkanes of at least 4 members (excludes halogenated alkanes) is 3. The summed E-state index contributed by atoms with van der Waals surface area (Å²) in [5.41, 5.74) is 0.511. The lowest BCUT2D eigenvalue weighted by Crippen LogP contribution is -2.54. The van der Waals surface area contributed by atoms with E-state index in [9.17, 15) is 14.4 Å². The third kappa shape index (κ3) is 4.22. The van der Waals surface area contributed by atoms with Crippen LogP contribution in [0.1, 0.15) is 46.0 Å². The molecule has 3 saturated heterocycles. The highest BCUT2D eigenvalue weighted by Crippen LogP contribution is 2.68. The molecule has 1 spiro atoms. The second kappa shape index (κ2) is 10.5. The molecule has 0 radical (unpaired) electrons. The Morgan fingerprint density at radius 3 is 2.71 bits per heavy atom. The van der Waals surface area contributed by atoms with Gasteiger partial charge in [-0.15, -0.1) is 11.8 Å². The number of fused-ring (bicyclic) bond motifs is 1. The SMILES string of the molecule is CCOC(=O)[C@@H]1[C@@H]2CC(C)C3(S2)C(C(=O)Nc2ccccc2Cl)N(CCCCCCO)C(=O)[C@H]13. The smallest absolute Gasteiger partial charge is 0.310 e. The van der Waals surface area contributed by atoms with Crippen LogP contribution < -0.4 is 5.32 Å². The van der Waals surface area contributed by atoms with Crippen LogP contribution in [0.15, 0.2) is 24.3 Å². The van der Waals surface area contributed by atoms with Gasteiger partial charge in [0.05, 0.1) is 33.9 Å². The Bertz CT molecular complexity index is 946. The highest BCUT2D eigenvalue weighted by molar-refractivity contribution is 8.02. The van der Waals surface area contributed by atoms with Crippen molar-refractivity contribution in [2.24, 2.45) is 17.8 Å². The van der Waals surface area contributed by atoms with E-state index in [2.05, 4.69) is 12.2 Å². The van der Waals surface area contributed by atoms with Gasteiger partial charge in [-0.05, 0) is 44.2 Å². The number of esters is 1. The minimum Gasteiger partial charge on any atom is -0.466 e. The van der Waals surface area contributed by atoms with Crippen molar-refractivity contribution in [1.82, 2.24) is 4.90 Å². The van der Waals surface area contributed by atoms with Gasteiger partial charge in [-0.25, -0.2) is 0 Å². The first-order valence-electron chi connectivity index (χ1n) is 12.2. The molecule has 1 aromatic rings. The molecule has 3 heterocycles. The Labute approximate surface area is 209 Å². The predicted octanol–water partition coefficient (Wildman–Crippen LogP) is 3.73. The molecule has 6 atom stereocenters. The first-order valence-corrected chi connectivity index (χ1v) is 13.4. The molecule has 3 fully saturated rings. The number of hydrogen-bond acceptors (Lipinski definition) is 6. The summed E-state index contributed by atoms with van der Waals surface area (Å²) in [5, 5.41) is 12.4. The largest absolute Gasteiger partial charge is 0.466 e. The first-order chi connectivity index (χ1) is 16.4. The first kappa shape index (κ1) is 25.3. The number of anilines is 1. The fourth-order valence-corrected chi connectivity index (χ4v) is 8.67. The van der Waals surface area contributed by atoms with E-state index in [0.717, 1.165) is 32.1 Å². The lowest BCUT2D eigenvalue weighted by Gasteiger charge is -2.38. The van der Waals surface area contributed by atoms with Crippen molar-refractivity contribution in [1.29, 1.82) is 0 Å². The molecule has 4 rings (SSSR count). The molecule has 0 aromatic heterocycles. The molecule has 186 valence electrons. The van der Waals surface area contributed by atoms with Crippen LogP contribution in [0.3, 0.4) is 0 Å². The van der Waals surface area contributed by atoms with E-state index in [4.69, 9.17) is 21.4 Å². The predicted molar refractivity (Wildman–Crippen MR) is 133 cm³/mol. The van der Waals surface area contributed by atoms with E-state index in [-0.39, 0.29) is 42.2 Å². The third-order valence-electron chi connectivity index (χ3n) is 7.49. The van der Waals surface area contributed by atoms with Gasteiger partial charge in [0.25, 0.3) is 0 Å². The van der Waals surface area contributed by atoms with Crippen LogP contribution in [0.5, 0.6) is 0 Å². The van der Waals surface area contributed by atoms with E-state index in [1.807, 2.05) is 0 Å². The molecule has 7 nitrogen and oxygen atoms in total. The average molecular weight is 509 g/mol. The monoisotopic (exact) mass is 508 g/mol. The van der Waals surface area contributed by atoms with E-state index >= 15 is 0 Å². The van der Waals surface area contributed by atoms with Gasteiger partial charge in [-0.1, -0.05) is 43.5 Å². The standard InChI is InChI=1S/C25H33ClN2O5S/c1-3-33-24(32)19-18-14-15(2)25(34-18)20(19)23(31)28(12-8-4-5-9-13-29)21(25)22(30)27-17-11-7-6-10-16(17)26/h6-7,10-11,15,18-21,29H,3-5,8-9,12-14H2,1-2H3,(H,27,30)/t15?,18-,19+,20-,21?,25?/m0/s1. The number of carbonyl (C=O) groups is 3. The number of rotatable bonds is 10. The maximum absolute atomic E-state index is 13.8. The highest BCUT2D eigenvalue weighted by Gasteiger charge is 2.76. The summed E-state index contributed by atoms with van der Waals surface area (Å²) in [7, 11) is 0. The van der Waals surface area contributed by atoms with Crippen LogP contribution in [0, 0.1) is 17.8 Å². The number of benzene rings is 1. The van der Waals surface area contributed by atoms with Crippen molar-refractivity contribution < 1.29 is 24.2 Å². The topological polar surface area (TPSA) is 95.9 Å². The van der Waals surface area contributed by atoms with Crippen LogP contribution in [-0.4, -0.2) is 63.6 Å². The number of carbonyl (C=O) groups excluding carboxylic acids is 3. The van der Waals surface area contributed by atoms with Crippen LogP contribution in [0.2, 0.25) is 5.02 Å². The fourth-order valence-electron chi connectivity index (χ4n) is 6.08. The zero-order valence-electron chi connectivity index (χ0n) is 19.7. The van der Waals surface area contributed by atoms with Crippen molar-refractivity contribution in [3.8, 4) is 0 Å². The molecule has 1 aromatic carbocycles. The Hall–Kier alpha value is -1.77. The van der Waals surface area contributed by atoms with Crippen LogP contribution >= 0.6 is 23.4 Å². The maximum Gasteiger partial charge on any atom is 0.310 e. The second-order valence-corrected chi connectivity index (χ2v) is 11.4. The number of nitrogens with one attached hydrogen (secondary N) is 1. The summed E-state index contributed by atoms with van der Waals surface area (Å²) < 4.78 is 4.70. The molecule has 3 aliphatic rings. The van der Waals surface area contributed by atoms with Crippen LogP contribution in [0.25, 0.3) is 0 Å². The summed E-state index contributed by atoms with van der Waals surface area (Å²) >= 11 is 7.94. The normalized spacial score (nSPS) is 31.6. The molecule has 34 heavy (non-hydrogen) atoms. The number of hydrogen-bond donors (Lipinski definition) is 2. The molecule has 2 bridgehead atoms. The van der Waals surface area contributed by atoms with E-state index < -0.39 is 22.6 Å². The number of aliphatic hydroxyl groups is 1. The van der Waals surface area contributed by atoms with Gasteiger partial charge in [0.2, 0.25) is 11.8 Å². The van der Waals surface area contributed by atoms with Crippen molar-refractivity contribution >= 4 is 46.8 Å². The number of amides is 2.